The van der Waals surface area contributed by atoms with Gasteiger partial charge in [-0.05, 0) is 6.26 Å². The lowest BCUT2D eigenvalue weighted by molar-refractivity contribution is 0.228. The standard InChI is InChI=1S/C10H16N4S/c1-15-10-9(12-2-3-13-10)8-14-6-4-11-5-7-14/h2-3,11H,4-8H2,1H3. The van der Waals surface area contributed by atoms with Crippen LogP contribution in [0.2, 0.25) is 0 Å². The van der Waals surface area contributed by atoms with E-state index in [1.165, 1.54) is 0 Å². The van der Waals surface area contributed by atoms with Crippen LogP contribution in [0.25, 0.3) is 0 Å². The summed E-state index contributed by atoms with van der Waals surface area (Å²) in [5.41, 5.74) is 1.10. The first-order chi connectivity index (χ1) is 7.40. The molecule has 15 heavy (non-hydrogen) atoms. The van der Waals surface area contributed by atoms with Crippen LogP contribution in [0.5, 0.6) is 0 Å². The maximum atomic E-state index is 4.40. The van der Waals surface area contributed by atoms with Crippen molar-refractivity contribution in [2.24, 2.45) is 0 Å². The molecule has 2 heterocycles. The van der Waals surface area contributed by atoms with Crippen molar-refractivity contribution < 1.29 is 0 Å². The zero-order valence-electron chi connectivity index (χ0n) is 8.94. The highest BCUT2D eigenvalue weighted by Gasteiger charge is 2.12. The van der Waals surface area contributed by atoms with Crippen LogP contribution in [0, 0.1) is 0 Å². The van der Waals surface area contributed by atoms with Crippen LogP contribution in [0.4, 0.5) is 0 Å². The fourth-order valence-corrected chi connectivity index (χ4v) is 2.23. The minimum atomic E-state index is 0.922. The van der Waals surface area contributed by atoms with Crippen molar-refractivity contribution in [3.63, 3.8) is 0 Å². The summed E-state index contributed by atoms with van der Waals surface area (Å²) in [5.74, 6) is 0. The van der Waals surface area contributed by atoms with Crippen molar-refractivity contribution in [1.29, 1.82) is 0 Å². The summed E-state index contributed by atoms with van der Waals surface area (Å²) in [4.78, 5) is 11.1. The van der Waals surface area contributed by atoms with E-state index in [9.17, 15) is 0 Å². The summed E-state index contributed by atoms with van der Waals surface area (Å²) in [6.07, 6.45) is 5.58. The van der Waals surface area contributed by atoms with E-state index >= 15 is 0 Å². The van der Waals surface area contributed by atoms with E-state index in [0.29, 0.717) is 0 Å². The van der Waals surface area contributed by atoms with Crippen LogP contribution >= 0.6 is 11.8 Å². The third-order valence-electron chi connectivity index (χ3n) is 2.51. The predicted octanol–water partition coefficient (Wildman–Crippen LogP) is 0.604. The molecular formula is C10H16N4S. The first kappa shape index (κ1) is 10.9. The number of nitrogens with one attached hydrogen (secondary N) is 1. The predicted molar refractivity (Wildman–Crippen MR) is 62.0 cm³/mol. The molecule has 0 radical (unpaired) electrons. The topological polar surface area (TPSA) is 41.1 Å². The average molecular weight is 224 g/mol. The number of hydrogen-bond acceptors (Lipinski definition) is 5. The minimum Gasteiger partial charge on any atom is -0.314 e. The van der Waals surface area contributed by atoms with E-state index in [0.717, 1.165) is 43.4 Å². The second kappa shape index (κ2) is 5.44. The molecule has 1 aromatic rings. The number of thioether (sulfide) groups is 1. The summed E-state index contributed by atoms with van der Waals surface area (Å²) >= 11 is 1.67. The van der Waals surface area contributed by atoms with Crippen molar-refractivity contribution in [1.82, 2.24) is 20.2 Å². The van der Waals surface area contributed by atoms with E-state index in [2.05, 4.69) is 20.2 Å². The van der Waals surface area contributed by atoms with Gasteiger partial charge in [0, 0.05) is 45.1 Å². The Morgan fingerprint density at radius 2 is 2.07 bits per heavy atom. The van der Waals surface area contributed by atoms with Gasteiger partial charge in [0.05, 0.1) is 5.69 Å². The van der Waals surface area contributed by atoms with Crippen molar-refractivity contribution >= 4 is 11.8 Å². The second-order valence-electron chi connectivity index (χ2n) is 3.54. The molecule has 1 aliphatic rings. The molecule has 0 saturated carbocycles. The molecule has 0 aliphatic carbocycles. The Labute approximate surface area is 94.5 Å². The van der Waals surface area contributed by atoms with Crippen molar-refractivity contribution in [3.8, 4) is 0 Å². The van der Waals surface area contributed by atoms with Gasteiger partial charge in [0.25, 0.3) is 0 Å². The fourth-order valence-electron chi connectivity index (χ4n) is 1.71. The van der Waals surface area contributed by atoms with Gasteiger partial charge in [0.1, 0.15) is 5.03 Å². The Bertz CT molecular complexity index is 312. The Hall–Kier alpha value is -0.650. The van der Waals surface area contributed by atoms with Crippen LogP contribution < -0.4 is 5.32 Å². The second-order valence-corrected chi connectivity index (χ2v) is 4.33. The van der Waals surface area contributed by atoms with Gasteiger partial charge < -0.3 is 5.32 Å². The van der Waals surface area contributed by atoms with Crippen LogP contribution in [0.15, 0.2) is 17.4 Å². The van der Waals surface area contributed by atoms with Gasteiger partial charge >= 0.3 is 0 Å². The van der Waals surface area contributed by atoms with Crippen molar-refractivity contribution in [3.05, 3.63) is 18.1 Å². The summed E-state index contributed by atoms with van der Waals surface area (Å²) in [6, 6.07) is 0. The summed E-state index contributed by atoms with van der Waals surface area (Å²) in [6.45, 7) is 5.28. The molecule has 0 unspecified atom stereocenters. The third-order valence-corrected chi connectivity index (χ3v) is 3.24. The molecule has 0 spiro atoms. The highest BCUT2D eigenvalue weighted by Crippen LogP contribution is 2.16. The van der Waals surface area contributed by atoms with Gasteiger partial charge in [0.2, 0.25) is 0 Å². The highest BCUT2D eigenvalue weighted by atomic mass is 32.2. The van der Waals surface area contributed by atoms with Crippen LogP contribution in [0.1, 0.15) is 5.69 Å². The number of nitrogens with zero attached hydrogens (tertiary/aromatic N) is 3. The maximum absolute atomic E-state index is 4.40. The van der Waals surface area contributed by atoms with Crippen molar-refractivity contribution in [2.45, 2.75) is 11.6 Å². The lowest BCUT2D eigenvalue weighted by Crippen LogP contribution is -2.43. The van der Waals surface area contributed by atoms with Gasteiger partial charge in [-0.25, -0.2) is 4.98 Å². The molecule has 1 N–H and O–H groups in total. The molecule has 0 aromatic carbocycles. The SMILES string of the molecule is CSc1nccnc1CN1CCNCC1. The molecule has 1 saturated heterocycles. The summed E-state index contributed by atoms with van der Waals surface area (Å²) < 4.78 is 0. The van der Waals surface area contributed by atoms with Crippen LogP contribution in [-0.2, 0) is 6.54 Å². The Morgan fingerprint density at radius 1 is 1.33 bits per heavy atom. The molecule has 0 atom stereocenters. The lowest BCUT2D eigenvalue weighted by Gasteiger charge is -2.27. The molecule has 82 valence electrons. The first-order valence-corrected chi connectivity index (χ1v) is 6.39. The zero-order chi connectivity index (χ0) is 10.5. The monoisotopic (exact) mass is 224 g/mol. The quantitative estimate of drug-likeness (QED) is 0.762. The highest BCUT2D eigenvalue weighted by molar-refractivity contribution is 7.98. The van der Waals surface area contributed by atoms with Gasteiger partial charge in [-0.1, -0.05) is 0 Å². The number of rotatable bonds is 3. The van der Waals surface area contributed by atoms with Gasteiger partial charge in [-0.15, -0.1) is 11.8 Å². The molecule has 1 aromatic heterocycles. The number of hydrogen-bond donors (Lipinski definition) is 1. The van der Waals surface area contributed by atoms with Gasteiger partial charge in [0.15, 0.2) is 0 Å². The van der Waals surface area contributed by atoms with Gasteiger partial charge in [-0.3, -0.25) is 9.88 Å². The fraction of sp³-hybridized carbons (Fsp3) is 0.600. The first-order valence-electron chi connectivity index (χ1n) is 5.17. The van der Waals surface area contributed by atoms with E-state index in [-0.39, 0.29) is 0 Å². The third kappa shape index (κ3) is 2.90. The van der Waals surface area contributed by atoms with Crippen LogP contribution in [-0.4, -0.2) is 47.3 Å². The summed E-state index contributed by atoms with van der Waals surface area (Å²) in [5, 5.41) is 4.40. The molecule has 4 nitrogen and oxygen atoms in total. The average Bonchev–Trinajstić information content (AvgIpc) is 2.31. The molecule has 0 bridgehead atoms. The molecular weight excluding hydrogens is 208 g/mol. The molecule has 1 fully saturated rings. The lowest BCUT2D eigenvalue weighted by atomic mass is 10.3. The molecule has 0 amide bonds. The number of piperazine rings is 1. The Balaban J connectivity index is 2.02. The maximum Gasteiger partial charge on any atom is 0.119 e. The molecule has 5 heteroatoms. The molecule has 1 aliphatic heterocycles. The molecule has 2 rings (SSSR count). The zero-order valence-corrected chi connectivity index (χ0v) is 9.76. The van der Waals surface area contributed by atoms with E-state index in [4.69, 9.17) is 0 Å². The van der Waals surface area contributed by atoms with E-state index < -0.39 is 0 Å². The van der Waals surface area contributed by atoms with E-state index in [1.807, 2.05) is 6.26 Å². The summed E-state index contributed by atoms with van der Waals surface area (Å²) in [7, 11) is 0. The largest absolute Gasteiger partial charge is 0.314 e. The number of aromatic nitrogens is 2. The smallest absolute Gasteiger partial charge is 0.119 e. The van der Waals surface area contributed by atoms with Crippen molar-refractivity contribution in [2.75, 3.05) is 32.4 Å². The van der Waals surface area contributed by atoms with Crippen LogP contribution in [0.3, 0.4) is 0 Å². The Morgan fingerprint density at radius 3 is 2.80 bits per heavy atom. The minimum absolute atomic E-state index is 0.922. The Kier molecular flexibility index (Phi) is 3.94. The normalized spacial score (nSPS) is 17.9. The van der Waals surface area contributed by atoms with Gasteiger partial charge in [-0.2, -0.15) is 0 Å². The van der Waals surface area contributed by atoms with E-state index in [1.54, 1.807) is 24.2 Å².